The first-order chi connectivity index (χ1) is 8.63. The topological polar surface area (TPSA) is 59.5 Å². The number of esters is 1. The van der Waals surface area contributed by atoms with Gasteiger partial charge in [0.05, 0.1) is 19.0 Å². The van der Waals surface area contributed by atoms with Crippen LogP contribution < -0.4 is 4.90 Å². The smallest absolute Gasteiger partial charge is 0.328 e. The van der Waals surface area contributed by atoms with Crippen molar-refractivity contribution >= 4 is 17.4 Å². The molecule has 1 aliphatic heterocycles. The average molecular weight is 248 g/mol. The van der Waals surface area contributed by atoms with Gasteiger partial charge >= 0.3 is 5.97 Å². The van der Waals surface area contributed by atoms with Crippen LogP contribution in [0, 0.1) is 0 Å². The summed E-state index contributed by atoms with van der Waals surface area (Å²) < 4.78 is 4.79. The number of Topliss-reactive ketones (excluding diaryl/α,β-unsaturated/α-hetero) is 1. The Morgan fingerprint density at radius 2 is 2.22 bits per heavy atom. The van der Waals surface area contributed by atoms with E-state index in [1.54, 1.807) is 12.3 Å². The van der Waals surface area contributed by atoms with Gasteiger partial charge < -0.3 is 9.64 Å². The van der Waals surface area contributed by atoms with Gasteiger partial charge in [0.1, 0.15) is 11.7 Å². The van der Waals surface area contributed by atoms with Crippen LogP contribution in [0.1, 0.15) is 30.3 Å². The number of carbonyl (C=O) groups is 2. The van der Waals surface area contributed by atoms with Crippen molar-refractivity contribution in [1.82, 2.24) is 4.98 Å². The van der Waals surface area contributed by atoms with Crippen molar-refractivity contribution < 1.29 is 14.3 Å². The maximum Gasteiger partial charge on any atom is 0.328 e. The Kier molecular flexibility index (Phi) is 3.60. The number of carbonyl (C=O) groups excluding carboxylic acids is 2. The summed E-state index contributed by atoms with van der Waals surface area (Å²) in [5.74, 6) is -0.282. The molecule has 1 fully saturated rings. The van der Waals surface area contributed by atoms with Gasteiger partial charge in [-0.3, -0.25) is 9.78 Å². The Morgan fingerprint density at radius 3 is 2.78 bits per heavy atom. The highest BCUT2D eigenvalue weighted by atomic mass is 16.5. The third-order valence-corrected chi connectivity index (χ3v) is 3.17. The number of aromatic nitrogens is 1. The number of pyridine rings is 1. The number of hydrogen-bond donors (Lipinski definition) is 0. The first-order valence-electron chi connectivity index (χ1n) is 5.95. The van der Waals surface area contributed by atoms with E-state index in [2.05, 4.69) is 4.98 Å². The molecule has 0 bridgehead atoms. The maximum atomic E-state index is 11.6. The fourth-order valence-corrected chi connectivity index (χ4v) is 2.22. The van der Waals surface area contributed by atoms with Gasteiger partial charge in [0, 0.05) is 13.5 Å². The number of nitrogens with zero attached hydrogens (tertiary/aromatic N) is 2. The zero-order valence-electron chi connectivity index (χ0n) is 10.5. The van der Waals surface area contributed by atoms with Crippen LogP contribution in [0.2, 0.25) is 0 Å². The number of ether oxygens (including phenoxy) is 1. The summed E-state index contributed by atoms with van der Waals surface area (Å²) in [5.41, 5.74) is 1.29. The summed E-state index contributed by atoms with van der Waals surface area (Å²) in [6, 6.07) is 3.27. The van der Waals surface area contributed by atoms with Gasteiger partial charge in [-0.15, -0.1) is 0 Å². The maximum absolute atomic E-state index is 11.6. The molecule has 5 heteroatoms. The molecule has 0 amide bonds. The summed E-state index contributed by atoms with van der Waals surface area (Å²) in [4.78, 5) is 28.9. The lowest BCUT2D eigenvalue weighted by Gasteiger charge is -2.24. The van der Waals surface area contributed by atoms with Crippen LogP contribution in [0.3, 0.4) is 0 Å². The van der Waals surface area contributed by atoms with E-state index in [1.807, 2.05) is 11.0 Å². The van der Waals surface area contributed by atoms with Gasteiger partial charge in [0.2, 0.25) is 0 Å². The molecule has 18 heavy (non-hydrogen) atoms. The van der Waals surface area contributed by atoms with Crippen molar-refractivity contribution in [2.75, 3.05) is 18.6 Å². The van der Waals surface area contributed by atoms with Crippen molar-refractivity contribution in [2.45, 2.75) is 25.8 Å². The minimum absolute atomic E-state index is 0.0625. The fraction of sp³-hybridized carbons (Fsp3) is 0.462. The van der Waals surface area contributed by atoms with E-state index in [1.165, 1.54) is 14.0 Å². The molecule has 1 unspecified atom stereocenters. The van der Waals surface area contributed by atoms with E-state index >= 15 is 0 Å². The summed E-state index contributed by atoms with van der Waals surface area (Å²) in [6.07, 6.45) is 3.38. The Bertz CT molecular complexity index is 456. The lowest BCUT2D eigenvalue weighted by atomic mass is 10.2. The molecule has 0 N–H and O–H groups in total. The predicted octanol–water partition coefficient (Wildman–Crippen LogP) is 1.43. The van der Waals surface area contributed by atoms with E-state index in [0.29, 0.717) is 5.69 Å². The van der Waals surface area contributed by atoms with Crippen LogP contribution in [-0.2, 0) is 9.53 Å². The quantitative estimate of drug-likeness (QED) is 0.598. The molecule has 1 atom stereocenters. The van der Waals surface area contributed by atoms with Gasteiger partial charge in [0.15, 0.2) is 5.78 Å². The number of methoxy groups -OCH3 is 1. The van der Waals surface area contributed by atoms with Crippen LogP contribution in [0.15, 0.2) is 18.3 Å². The molecule has 2 heterocycles. The largest absolute Gasteiger partial charge is 0.467 e. The van der Waals surface area contributed by atoms with E-state index in [-0.39, 0.29) is 17.8 Å². The molecule has 1 aliphatic rings. The molecule has 5 nitrogen and oxygen atoms in total. The monoisotopic (exact) mass is 248 g/mol. The van der Waals surface area contributed by atoms with Gasteiger partial charge in [-0.25, -0.2) is 4.79 Å². The molecule has 0 spiro atoms. The molecule has 1 aromatic heterocycles. The number of hydrogen-bond acceptors (Lipinski definition) is 5. The van der Waals surface area contributed by atoms with Crippen LogP contribution in [-0.4, -0.2) is 36.4 Å². The molecule has 0 aromatic carbocycles. The van der Waals surface area contributed by atoms with Crippen LogP contribution in [0.4, 0.5) is 5.69 Å². The SMILES string of the molecule is COC(=O)C1CCCN1c1ccc(C(C)=O)nc1. The van der Waals surface area contributed by atoms with Crippen LogP contribution in [0.5, 0.6) is 0 Å². The Morgan fingerprint density at radius 1 is 1.44 bits per heavy atom. The van der Waals surface area contributed by atoms with Crippen molar-refractivity contribution in [3.05, 3.63) is 24.0 Å². The van der Waals surface area contributed by atoms with E-state index < -0.39 is 0 Å². The van der Waals surface area contributed by atoms with Gasteiger partial charge in [0.25, 0.3) is 0 Å². The molecule has 0 radical (unpaired) electrons. The second-order valence-corrected chi connectivity index (χ2v) is 4.33. The van der Waals surface area contributed by atoms with E-state index in [9.17, 15) is 9.59 Å². The van der Waals surface area contributed by atoms with Gasteiger partial charge in [-0.05, 0) is 25.0 Å². The van der Waals surface area contributed by atoms with Crippen molar-refractivity contribution in [3.8, 4) is 0 Å². The Balaban J connectivity index is 2.20. The summed E-state index contributed by atoms with van der Waals surface area (Å²) >= 11 is 0. The number of anilines is 1. The zero-order chi connectivity index (χ0) is 13.1. The molecular formula is C13H16N2O3. The molecule has 1 saturated heterocycles. The molecule has 96 valence electrons. The average Bonchev–Trinajstić information content (AvgIpc) is 2.87. The summed E-state index contributed by atoms with van der Waals surface area (Å²) in [6.45, 7) is 2.29. The minimum atomic E-state index is -0.236. The second-order valence-electron chi connectivity index (χ2n) is 4.33. The molecule has 1 aromatic rings. The molecule has 2 rings (SSSR count). The Hall–Kier alpha value is -1.91. The molecule has 0 aliphatic carbocycles. The van der Waals surface area contributed by atoms with Crippen molar-refractivity contribution in [1.29, 1.82) is 0 Å². The third-order valence-electron chi connectivity index (χ3n) is 3.17. The van der Waals surface area contributed by atoms with Crippen LogP contribution >= 0.6 is 0 Å². The molecular weight excluding hydrogens is 232 g/mol. The van der Waals surface area contributed by atoms with E-state index in [4.69, 9.17) is 4.74 Å². The number of rotatable bonds is 3. The van der Waals surface area contributed by atoms with Crippen molar-refractivity contribution in [3.63, 3.8) is 0 Å². The second kappa shape index (κ2) is 5.16. The minimum Gasteiger partial charge on any atom is -0.467 e. The summed E-state index contributed by atoms with van der Waals surface area (Å²) in [7, 11) is 1.40. The normalized spacial score (nSPS) is 18.8. The highest BCUT2D eigenvalue weighted by Gasteiger charge is 2.31. The summed E-state index contributed by atoms with van der Waals surface area (Å²) in [5, 5.41) is 0. The van der Waals surface area contributed by atoms with E-state index in [0.717, 1.165) is 25.1 Å². The fourth-order valence-electron chi connectivity index (χ4n) is 2.22. The van der Waals surface area contributed by atoms with Crippen molar-refractivity contribution in [2.24, 2.45) is 0 Å². The predicted molar refractivity (Wildman–Crippen MR) is 66.6 cm³/mol. The highest BCUT2D eigenvalue weighted by Crippen LogP contribution is 2.25. The first-order valence-corrected chi connectivity index (χ1v) is 5.95. The van der Waals surface area contributed by atoms with Crippen LogP contribution in [0.25, 0.3) is 0 Å². The van der Waals surface area contributed by atoms with Gasteiger partial charge in [-0.1, -0.05) is 0 Å². The standard InChI is InChI=1S/C13H16N2O3/c1-9(16)11-6-5-10(8-14-11)15-7-3-4-12(15)13(17)18-2/h5-6,8,12H,3-4,7H2,1-2H3. The first kappa shape index (κ1) is 12.5. The number of ketones is 1. The highest BCUT2D eigenvalue weighted by molar-refractivity contribution is 5.92. The lowest BCUT2D eigenvalue weighted by molar-refractivity contribution is -0.141. The Labute approximate surface area is 106 Å². The van der Waals surface area contributed by atoms with Gasteiger partial charge in [-0.2, -0.15) is 0 Å². The molecule has 0 saturated carbocycles. The zero-order valence-corrected chi connectivity index (χ0v) is 10.5. The third kappa shape index (κ3) is 2.34. The lowest BCUT2D eigenvalue weighted by Crippen LogP contribution is -2.36.